The summed E-state index contributed by atoms with van der Waals surface area (Å²) in [4.78, 5) is 58.2. The summed E-state index contributed by atoms with van der Waals surface area (Å²) in [6.07, 6.45) is 61.3. The Labute approximate surface area is 516 Å². The number of allylic oxidation sites excluding steroid dienone is 10. The molecule has 0 saturated heterocycles. The molecule has 0 aliphatic heterocycles. The van der Waals surface area contributed by atoms with Crippen LogP contribution in [0.3, 0.4) is 0 Å². The van der Waals surface area contributed by atoms with Gasteiger partial charge in [0.2, 0.25) is 0 Å². The largest absolute Gasteiger partial charge is 0.472 e. The first-order valence-corrected chi connectivity index (χ1v) is 36.6. The van der Waals surface area contributed by atoms with Crippen molar-refractivity contribution in [3.63, 3.8) is 0 Å². The van der Waals surface area contributed by atoms with Gasteiger partial charge in [0.25, 0.3) is 0 Å². The van der Waals surface area contributed by atoms with Crippen molar-refractivity contribution < 1.29 is 75.8 Å². The van der Waals surface area contributed by atoms with Gasteiger partial charge in [0, 0.05) is 19.3 Å². The van der Waals surface area contributed by atoms with E-state index in [2.05, 4.69) is 81.5 Å². The van der Waals surface area contributed by atoms with Crippen molar-refractivity contribution in [2.24, 2.45) is 0 Å². The second kappa shape index (κ2) is 61.5. The molecule has 0 aromatic heterocycles. The van der Waals surface area contributed by atoms with E-state index in [1.165, 1.54) is 109 Å². The van der Waals surface area contributed by atoms with Gasteiger partial charge in [-0.1, -0.05) is 268 Å². The minimum atomic E-state index is -4.91. The Morgan fingerprint density at radius 1 is 0.341 bits per heavy atom. The molecule has 18 heteroatoms. The van der Waals surface area contributed by atoms with E-state index in [1.54, 1.807) is 0 Å². The third-order valence-corrected chi connectivity index (χ3v) is 16.2. The van der Waals surface area contributed by atoms with Gasteiger partial charge in [-0.2, -0.15) is 0 Å². The molecule has 496 valence electrons. The zero-order valence-corrected chi connectivity index (χ0v) is 55.3. The molecular formula is C67H122O16P2. The highest BCUT2D eigenvalue weighted by molar-refractivity contribution is 7.47. The molecule has 16 nitrogen and oxygen atoms in total. The van der Waals surface area contributed by atoms with Gasteiger partial charge in [0.1, 0.15) is 25.4 Å². The van der Waals surface area contributed by atoms with Crippen LogP contribution in [0, 0.1) is 0 Å². The Kier molecular flexibility index (Phi) is 59.5. The summed E-state index contributed by atoms with van der Waals surface area (Å²) in [5.74, 6) is -1.57. The van der Waals surface area contributed by atoms with Crippen LogP contribution in [0.1, 0.15) is 290 Å². The van der Waals surface area contributed by atoms with Crippen molar-refractivity contribution >= 4 is 33.6 Å². The quantitative estimate of drug-likeness (QED) is 0.0146. The molecule has 0 fully saturated rings. The number of phosphoric acid groups is 2. The number of aliphatic hydroxyl groups excluding tert-OH is 2. The van der Waals surface area contributed by atoms with Crippen LogP contribution in [0.2, 0.25) is 0 Å². The molecule has 0 spiro atoms. The van der Waals surface area contributed by atoms with Gasteiger partial charge in [-0.25, -0.2) is 9.13 Å². The number of unbranched alkanes of at least 4 members (excludes halogenated alkanes) is 31. The summed E-state index contributed by atoms with van der Waals surface area (Å²) in [7, 11) is -9.76. The number of hydrogen-bond acceptors (Lipinski definition) is 14. The summed E-state index contributed by atoms with van der Waals surface area (Å²) in [5.41, 5.74) is 0. The molecule has 0 aromatic carbocycles. The van der Waals surface area contributed by atoms with Crippen LogP contribution in [0.5, 0.6) is 0 Å². The summed E-state index contributed by atoms with van der Waals surface area (Å²) in [6.45, 7) is 2.57. The number of phosphoric ester groups is 2. The average molecular weight is 1250 g/mol. The third kappa shape index (κ3) is 62.7. The Morgan fingerprint density at radius 3 is 0.988 bits per heavy atom. The summed E-state index contributed by atoms with van der Waals surface area (Å²) in [6, 6.07) is 0. The topological polar surface area (TPSA) is 231 Å². The van der Waals surface area contributed by atoms with E-state index in [4.69, 9.17) is 32.3 Å². The molecule has 0 amide bonds. The Balaban J connectivity index is 4.53. The predicted molar refractivity (Wildman–Crippen MR) is 344 cm³/mol. The van der Waals surface area contributed by atoms with Crippen LogP contribution in [-0.4, -0.2) is 95.9 Å². The molecule has 4 N–H and O–H groups in total. The van der Waals surface area contributed by atoms with E-state index in [0.29, 0.717) is 19.3 Å². The molecule has 0 aliphatic carbocycles. The monoisotopic (exact) mass is 1240 g/mol. The first-order chi connectivity index (χ1) is 41.2. The number of ether oxygens (including phenoxy) is 3. The number of aliphatic hydroxyl groups is 2. The van der Waals surface area contributed by atoms with Crippen molar-refractivity contribution in [3.05, 3.63) is 60.8 Å². The fraction of sp³-hybridized carbons (Fsp3) is 0.806. The summed E-state index contributed by atoms with van der Waals surface area (Å²) in [5, 5.41) is 20.5. The van der Waals surface area contributed by atoms with E-state index < -0.39 is 91.5 Å². The highest BCUT2D eigenvalue weighted by Crippen LogP contribution is 2.45. The predicted octanol–water partition coefficient (Wildman–Crippen LogP) is 18.2. The second-order valence-electron chi connectivity index (χ2n) is 22.6. The van der Waals surface area contributed by atoms with Crippen molar-refractivity contribution in [2.45, 2.75) is 309 Å². The third-order valence-electron chi connectivity index (χ3n) is 14.3. The summed E-state index contributed by atoms with van der Waals surface area (Å²) < 4.78 is 60.8. The van der Waals surface area contributed by atoms with Crippen LogP contribution in [0.25, 0.3) is 0 Å². The maximum Gasteiger partial charge on any atom is 0.472 e. The van der Waals surface area contributed by atoms with Crippen molar-refractivity contribution in [2.75, 3.05) is 39.6 Å². The molecule has 0 saturated carbocycles. The van der Waals surface area contributed by atoms with Crippen molar-refractivity contribution in [1.82, 2.24) is 0 Å². The standard InChI is InChI=1S/C67H122O16P2/c1-4-7-10-13-16-19-22-25-26-27-28-29-30-31-32-33-34-37-39-41-44-47-50-53-65(70)77-56-62(68)57-79-84(73,74)80-58-63(69)59-81-85(75,76)82-61-64(83-67(72)55-52-49-46-43-40-36-24-21-18-15-12-9-6-3)60-78-66(71)54-51-48-45-42-38-35-23-20-17-14-11-8-5-2/h7,10,16,19,25-26,28-29,31-32,62-64,68-69H,4-6,8-9,11-15,17-18,20-24,27,30,33-61H2,1-3H3,(H,73,74)(H,75,76)/b10-7-,19-16-,26-25-,29-28-,32-31-. The van der Waals surface area contributed by atoms with Crippen LogP contribution < -0.4 is 0 Å². The van der Waals surface area contributed by atoms with Gasteiger partial charge in [0.15, 0.2) is 6.10 Å². The Morgan fingerprint density at radius 2 is 0.624 bits per heavy atom. The lowest BCUT2D eigenvalue weighted by Crippen LogP contribution is -2.30. The normalized spacial score (nSPS) is 14.7. The lowest BCUT2D eigenvalue weighted by atomic mass is 10.0. The Bertz CT molecular complexity index is 1800. The summed E-state index contributed by atoms with van der Waals surface area (Å²) >= 11 is 0. The van der Waals surface area contributed by atoms with E-state index in [0.717, 1.165) is 122 Å². The minimum Gasteiger partial charge on any atom is -0.463 e. The van der Waals surface area contributed by atoms with Crippen LogP contribution in [-0.2, 0) is 55.8 Å². The van der Waals surface area contributed by atoms with E-state index in [-0.39, 0.29) is 19.3 Å². The molecule has 0 heterocycles. The molecule has 0 radical (unpaired) electrons. The average Bonchev–Trinajstić information content (AvgIpc) is 3.51. The van der Waals surface area contributed by atoms with Crippen molar-refractivity contribution in [3.8, 4) is 0 Å². The number of rotatable bonds is 64. The zero-order chi connectivity index (χ0) is 62.4. The second-order valence-corrected chi connectivity index (χ2v) is 25.5. The van der Waals surface area contributed by atoms with Gasteiger partial charge >= 0.3 is 33.6 Å². The fourth-order valence-electron chi connectivity index (χ4n) is 9.13. The molecule has 0 bridgehead atoms. The van der Waals surface area contributed by atoms with Crippen LogP contribution in [0.4, 0.5) is 0 Å². The maximum atomic E-state index is 12.9. The number of hydrogen-bond donors (Lipinski definition) is 4. The number of esters is 3. The van der Waals surface area contributed by atoms with E-state index in [9.17, 15) is 43.5 Å². The first-order valence-electron chi connectivity index (χ1n) is 33.6. The smallest absolute Gasteiger partial charge is 0.463 e. The first kappa shape index (κ1) is 82.2. The molecule has 5 unspecified atom stereocenters. The maximum absolute atomic E-state index is 12.9. The van der Waals surface area contributed by atoms with Gasteiger partial charge < -0.3 is 34.2 Å². The molecule has 0 aromatic rings. The lowest BCUT2D eigenvalue weighted by molar-refractivity contribution is -0.161. The SMILES string of the molecule is CC/C=C\C/C=C\C/C=C\C/C=C\C/C=C\CCCCCCCCCC(=O)OCC(O)COP(=O)(O)OCC(O)COP(=O)(O)OCC(COC(=O)CCCCCCCCCCCCCCC)OC(=O)CCCCCCCCCCCCCCC. The van der Waals surface area contributed by atoms with Crippen molar-refractivity contribution in [1.29, 1.82) is 0 Å². The zero-order valence-electron chi connectivity index (χ0n) is 53.5. The molecular weight excluding hydrogens is 1120 g/mol. The van der Waals surface area contributed by atoms with Gasteiger partial charge in [-0.3, -0.25) is 32.5 Å². The van der Waals surface area contributed by atoms with Crippen LogP contribution in [0.15, 0.2) is 60.8 Å². The van der Waals surface area contributed by atoms with Gasteiger partial charge in [-0.15, -0.1) is 0 Å². The molecule has 0 aliphatic rings. The van der Waals surface area contributed by atoms with E-state index >= 15 is 0 Å². The molecule has 5 atom stereocenters. The molecule has 85 heavy (non-hydrogen) atoms. The van der Waals surface area contributed by atoms with Gasteiger partial charge in [-0.05, 0) is 64.2 Å². The highest BCUT2D eigenvalue weighted by atomic mass is 31.2. The number of carbonyl (C=O) groups is 3. The lowest BCUT2D eigenvalue weighted by Gasteiger charge is -2.21. The Hall–Kier alpha value is -2.75. The fourth-order valence-corrected chi connectivity index (χ4v) is 10.7. The highest BCUT2D eigenvalue weighted by Gasteiger charge is 2.29. The van der Waals surface area contributed by atoms with Gasteiger partial charge in [0.05, 0.1) is 26.4 Å². The molecule has 0 rings (SSSR count). The minimum absolute atomic E-state index is 0.112. The van der Waals surface area contributed by atoms with E-state index in [1.807, 2.05) is 0 Å². The number of carbonyl (C=O) groups excluding carboxylic acids is 3. The van der Waals surface area contributed by atoms with Crippen LogP contribution >= 0.6 is 15.6 Å².